The van der Waals surface area contributed by atoms with E-state index >= 15 is 0 Å². The van der Waals surface area contributed by atoms with Crippen LogP contribution in [0.3, 0.4) is 0 Å². The van der Waals surface area contributed by atoms with E-state index in [2.05, 4.69) is 25.4 Å². The molecule has 4 rings (SSSR count). The Labute approximate surface area is 156 Å². The van der Waals surface area contributed by atoms with E-state index in [0.717, 1.165) is 33.8 Å². The first-order valence-electron chi connectivity index (χ1n) is 8.54. The van der Waals surface area contributed by atoms with Gasteiger partial charge in [0.2, 0.25) is 0 Å². The van der Waals surface area contributed by atoms with Crippen molar-refractivity contribution in [1.82, 2.24) is 20.1 Å². The standard InChI is InChI=1S/C20H19N5O2/c1-11-5-8-17(26-4)16(9-11)24-18-14-7-6-12(2)22-19(14)21-10-15(18)20-23-13(3)25-27-20/h5-10H,1-4H3,(H,21,22,24). The van der Waals surface area contributed by atoms with Gasteiger partial charge in [-0.1, -0.05) is 11.2 Å². The van der Waals surface area contributed by atoms with E-state index in [0.29, 0.717) is 22.9 Å². The van der Waals surface area contributed by atoms with Crippen LogP contribution in [0.2, 0.25) is 0 Å². The number of anilines is 2. The van der Waals surface area contributed by atoms with Crippen molar-refractivity contribution < 1.29 is 9.26 Å². The molecular weight excluding hydrogens is 342 g/mol. The first-order valence-corrected chi connectivity index (χ1v) is 8.54. The van der Waals surface area contributed by atoms with Gasteiger partial charge in [-0.05, 0) is 50.6 Å². The van der Waals surface area contributed by atoms with Crippen LogP contribution in [0.4, 0.5) is 11.4 Å². The highest BCUT2D eigenvalue weighted by Crippen LogP contribution is 2.37. The van der Waals surface area contributed by atoms with Crippen LogP contribution in [0.25, 0.3) is 22.5 Å². The van der Waals surface area contributed by atoms with Crippen LogP contribution in [-0.2, 0) is 0 Å². The lowest BCUT2D eigenvalue weighted by Gasteiger charge is -2.15. The van der Waals surface area contributed by atoms with Crippen molar-refractivity contribution in [3.8, 4) is 17.2 Å². The molecule has 7 heteroatoms. The smallest absolute Gasteiger partial charge is 0.261 e. The molecule has 0 unspecified atom stereocenters. The van der Waals surface area contributed by atoms with E-state index in [-0.39, 0.29) is 0 Å². The second kappa shape index (κ2) is 6.68. The SMILES string of the molecule is COc1ccc(C)cc1Nc1c(-c2nc(C)no2)cnc2nc(C)ccc12. The summed E-state index contributed by atoms with van der Waals surface area (Å²) >= 11 is 0. The predicted octanol–water partition coefficient (Wildman–Crippen LogP) is 4.36. The van der Waals surface area contributed by atoms with Gasteiger partial charge >= 0.3 is 0 Å². The van der Waals surface area contributed by atoms with Gasteiger partial charge in [-0.25, -0.2) is 9.97 Å². The maximum Gasteiger partial charge on any atom is 0.261 e. The number of pyridine rings is 2. The number of aryl methyl sites for hydroxylation is 3. The van der Waals surface area contributed by atoms with E-state index < -0.39 is 0 Å². The molecule has 0 aliphatic heterocycles. The molecular formula is C20H19N5O2. The molecule has 1 N–H and O–H groups in total. The highest BCUT2D eigenvalue weighted by atomic mass is 16.5. The number of ether oxygens (including phenoxy) is 1. The fraction of sp³-hybridized carbons (Fsp3) is 0.200. The Morgan fingerprint density at radius 3 is 2.63 bits per heavy atom. The zero-order valence-corrected chi connectivity index (χ0v) is 15.6. The number of fused-ring (bicyclic) bond motifs is 1. The number of hydrogen-bond acceptors (Lipinski definition) is 7. The lowest BCUT2D eigenvalue weighted by molar-refractivity contribution is 0.416. The van der Waals surface area contributed by atoms with Gasteiger partial charge in [-0.15, -0.1) is 0 Å². The number of methoxy groups -OCH3 is 1. The van der Waals surface area contributed by atoms with Crippen molar-refractivity contribution >= 4 is 22.4 Å². The first-order chi connectivity index (χ1) is 13.0. The van der Waals surface area contributed by atoms with E-state index in [4.69, 9.17) is 9.26 Å². The normalized spacial score (nSPS) is 11.0. The summed E-state index contributed by atoms with van der Waals surface area (Å²) < 4.78 is 10.9. The first kappa shape index (κ1) is 17.0. The molecule has 0 amide bonds. The number of nitrogens with zero attached hydrogens (tertiary/aromatic N) is 4. The van der Waals surface area contributed by atoms with Crippen LogP contribution in [0.5, 0.6) is 5.75 Å². The van der Waals surface area contributed by atoms with Crippen molar-refractivity contribution in [1.29, 1.82) is 0 Å². The molecule has 0 fully saturated rings. The highest BCUT2D eigenvalue weighted by Gasteiger charge is 2.18. The molecule has 27 heavy (non-hydrogen) atoms. The minimum Gasteiger partial charge on any atom is -0.495 e. The molecule has 0 saturated carbocycles. The molecule has 0 bridgehead atoms. The second-order valence-corrected chi connectivity index (χ2v) is 6.35. The predicted molar refractivity (Wildman–Crippen MR) is 103 cm³/mol. The average Bonchev–Trinajstić information content (AvgIpc) is 3.08. The zero-order valence-electron chi connectivity index (χ0n) is 15.6. The third kappa shape index (κ3) is 3.19. The lowest BCUT2D eigenvalue weighted by Crippen LogP contribution is -2.00. The molecule has 0 radical (unpaired) electrons. The Balaban J connectivity index is 1.95. The molecule has 0 saturated heterocycles. The van der Waals surface area contributed by atoms with Crippen molar-refractivity contribution in [3.05, 3.63) is 53.6 Å². The molecule has 3 aromatic heterocycles. The van der Waals surface area contributed by atoms with Crippen LogP contribution < -0.4 is 10.1 Å². The summed E-state index contributed by atoms with van der Waals surface area (Å²) in [7, 11) is 1.65. The summed E-state index contributed by atoms with van der Waals surface area (Å²) in [6, 6.07) is 9.89. The van der Waals surface area contributed by atoms with Gasteiger partial charge in [0, 0.05) is 17.3 Å². The van der Waals surface area contributed by atoms with Gasteiger partial charge in [-0.3, -0.25) is 0 Å². The van der Waals surface area contributed by atoms with Crippen LogP contribution in [-0.4, -0.2) is 27.2 Å². The monoisotopic (exact) mass is 361 g/mol. The van der Waals surface area contributed by atoms with Gasteiger partial charge in [0.15, 0.2) is 11.5 Å². The minimum absolute atomic E-state index is 0.400. The van der Waals surface area contributed by atoms with E-state index in [1.165, 1.54) is 0 Å². The number of rotatable bonds is 4. The fourth-order valence-corrected chi connectivity index (χ4v) is 2.93. The van der Waals surface area contributed by atoms with Gasteiger partial charge < -0.3 is 14.6 Å². The summed E-state index contributed by atoms with van der Waals surface area (Å²) in [6.07, 6.45) is 1.70. The number of nitrogens with one attached hydrogen (secondary N) is 1. The van der Waals surface area contributed by atoms with Gasteiger partial charge in [0.1, 0.15) is 5.75 Å². The van der Waals surface area contributed by atoms with E-state index in [9.17, 15) is 0 Å². The molecule has 136 valence electrons. The number of hydrogen-bond donors (Lipinski definition) is 1. The lowest BCUT2D eigenvalue weighted by atomic mass is 10.1. The fourth-order valence-electron chi connectivity index (χ4n) is 2.93. The number of aromatic nitrogens is 4. The van der Waals surface area contributed by atoms with Gasteiger partial charge in [0.25, 0.3) is 5.89 Å². The minimum atomic E-state index is 0.400. The largest absolute Gasteiger partial charge is 0.495 e. The third-order valence-electron chi connectivity index (χ3n) is 4.24. The Bertz CT molecular complexity index is 1140. The third-order valence-corrected chi connectivity index (χ3v) is 4.24. The quantitative estimate of drug-likeness (QED) is 0.578. The highest BCUT2D eigenvalue weighted by molar-refractivity contribution is 5.98. The molecule has 0 aliphatic rings. The molecule has 7 nitrogen and oxygen atoms in total. The second-order valence-electron chi connectivity index (χ2n) is 6.35. The average molecular weight is 361 g/mol. The van der Waals surface area contributed by atoms with Crippen LogP contribution >= 0.6 is 0 Å². The van der Waals surface area contributed by atoms with Crippen LogP contribution in [0.1, 0.15) is 17.1 Å². The van der Waals surface area contributed by atoms with Gasteiger partial charge in [-0.2, -0.15) is 4.98 Å². The van der Waals surface area contributed by atoms with E-state index in [1.807, 2.05) is 44.2 Å². The van der Waals surface area contributed by atoms with E-state index in [1.54, 1.807) is 20.2 Å². The summed E-state index contributed by atoms with van der Waals surface area (Å²) in [5.74, 6) is 1.70. The molecule has 3 heterocycles. The number of benzene rings is 1. The van der Waals surface area contributed by atoms with Crippen LogP contribution in [0, 0.1) is 20.8 Å². The summed E-state index contributed by atoms with van der Waals surface area (Å²) in [5, 5.41) is 8.23. The summed E-state index contributed by atoms with van der Waals surface area (Å²) in [4.78, 5) is 13.4. The molecule has 0 spiro atoms. The summed E-state index contributed by atoms with van der Waals surface area (Å²) in [6.45, 7) is 5.75. The van der Waals surface area contributed by atoms with Gasteiger partial charge in [0.05, 0.1) is 24.0 Å². The molecule has 1 aromatic carbocycles. The molecule has 0 aliphatic carbocycles. The van der Waals surface area contributed by atoms with Crippen molar-refractivity contribution in [3.63, 3.8) is 0 Å². The Hall–Kier alpha value is -3.48. The van der Waals surface area contributed by atoms with Crippen molar-refractivity contribution in [2.24, 2.45) is 0 Å². The summed E-state index contributed by atoms with van der Waals surface area (Å²) in [5.41, 5.74) is 4.99. The topological polar surface area (TPSA) is 86.0 Å². The Morgan fingerprint density at radius 2 is 1.89 bits per heavy atom. The van der Waals surface area contributed by atoms with Crippen molar-refractivity contribution in [2.75, 3.05) is 12.4 Å². The molecule has 4 aromatic rings. The molecule has 0 atom stereocenters. The zero-order chi connectivity index (χ0) is 19.0. The van der Waals surface area contributed by atoms with Crippen LogP contribution in [0.15, 0.2) is 41.1 Å². The Kier molecular flexibility index (Phi) is 4.19. The van der Waals surface area contributed by atoms with Crippen molar-refractivity contribution in [2.45, 2.75) is 20.8 Å². The Morgan fingerprint density at radius 1 is 1.04 bits per heavy atom. The maximum absolute atomic E-state index is 5.51. The maximum atomic E-state index is 5.51.